The molecule has 1 aromatic carbocycles. The van der Waals surface area contributed by atoms with Crippen molar-refractivity contribution in [3.05, 3.63) is 33.8 Å². The topological polar surface area (TPSA) is 0 Å². The molecule has 150 valence electrons. The van der Waals surface area contributed by atoms with E-state index in [-0.39, 0.29) is 22.4 Å². The molecule has 0 bridgehead atoms. The van der Waals surface area contributed by atoms with Gasteiger partial charge in [0, 0.05) is 10.4 Å². The number of benzene rings is 1. The van der Waals surface area contributed by atoms with Gasteiger partial charge in [0.1, 0.15) is 0 Å². The molecule has 1 aliphatic heterocycles. The fraction of sp³-hybridized carbons (Fsp3) is 0.739. The third kappa shape index (κ3) is 6.95. The van der Waals surface area contributed by atoms with E-state index in [2.05, 4.69) is 68.9 Å². The number of halogens is 2. The normalized spacial score (nSPS) is 18.2. The lowest BCUT2D eigenvalue weighted by Gasteiger charge is -2.39. The first-order valence-corrected chi connectivity index (χ1v) is 11.2. The summed E-state index contributed by atoms with van der Waals surface area (Å²) >= 11 is 3.87. The van der Waals surface area contributed by atoms with Crippen molar-refractivity contribution >= 4 is 15.9 Å². The molecular weight excluding hydrogens is 450 g/mol. The fourth-order valence-electron chi connectivity index (χ4n) is 4.55. The minimum atomic E-state index is 0. The molecule has 0 saturated carbocycles. The van der Waals surface area contributed by atoms with Gasteiger partial charge in [-0.25, -0.2) is 0 Å². The Bertz CT molecular complexity index is 547. The maximum atomic E-state index is 3.87. The molecule has 1 aliphatic rings. The molecule has 0 N–H and O–H groups in total. The average Bonchev–Trinajstić information content (AvgIpc) is 2.55. The van der Waals surface area contributed by atoms with Gasteiger partial charge < -0.3 is 21.5 Å². The van der Waals surface area contributed by atoms with Gasteiger partial charge in [-0.05, 0) is 54.7 Å². The monoisotopic (exact) mass is 487 g/mol. The molecule has 1 fully saturated rings. The van der Waals surface area contributed by atoms with Crippen molar-refractivity contribution in [2.24, 2.45) is 5.92 Å². The number of quaternary nitrogens is 1. The van der Waals surface area contributed by atoms with Crippen LogP contribution in [0.5, 0.6) is 0 Å². The summed E-state index contributed by atoms with van der Waals surface area (Å²) in [6, 6.07) is 7.13. The highest BCUT2D eigenvalue weighted by Crippen LogP contribution is 2.33. The third-order valence-electron chi connectivity index (χ3n) is 6.21. The summed E-state index contributed by atoms with van der Waals surface area (Å²) in [4.78, 5) is 0. The number of hydrogen-bond acceptors (Lipinski definition) is 0. The highest BCUT2D eigenvalue weighted by atomic mass is 79.9. The lowest BCUT2D eigenvalue weighted by atomic mass is 9.80. The minimum Gasteiger partial charge on any atom is -1.00 e. The van der Waals surface area contributed by atoms with Crippen molar-refractivity contribution in [1.29, 1.82) is 0 Å². The van der Waals surface area contributed by atoms with E-state index < -0.39 is 0 Å². The summed E-state index contributed by atoms with van der Waals surface area (Å²) < 4.78 is 2.59. The van der Waals surface area contributed by atoms with E-state index >= 15 is 0 Å². The van der Waals surface area contributed by atoms with Crippen LogP contribution in [0.15, 0.2) is 22.7 Å². The second-order valence-corrected chi connectivity index (χ2v) is 10.3. The Morgan fingerprint density at radius 3 is 2.38 bits per heavy atom. The van der Waals surface area contributed by atoms with Crippen LogP contribution < -0.4 is 17.0 Å². The molecule has 1 nitrogen and oxygen atoms in total. The van der Waals surface area contributed by atoms with Crippen LogP contribution in [0.25, 0.3) is 0 Å². The Hall–Kier alpha value is 0.140. The van der Waals surface area contributed by atoms with E-state index in [0.29, 0.717) is 0 Å². The molecule has 0 amide bonds. The van der Waals surface area contributed by atoms with Gasteiger partial charge in [0.05, 0.1) is 26.7 Å². The first-order chi connectivity index (χ1) is 11.8. The molecule has 1 unspecified atom stereocenters. The van der Waals surface area contributed by atoms with E-state index in [0.717, 1.165) is 5.92 Å². The Balaban J connectivity index is 0.00000338. The molecule has 3 heteroatoms. The van der Waals surface area contributed by atoms with E-state index in [1.54, 1.807) is 0 Å². The van der Waals surface area contributed by atoms with Crippen LogP contribution in [0, 0.1) is 5.92 Å². The number of unbranched alkanes of at least 4 members (excludes halogenated alkanes) is 1. The molecule has 0 radical (unpaired) electrons. The van der Waals surface area contributed by atoms with Crippen molar-refractivity contribution in [3.8, 4) is 0 Å². The standard InChI is InChI=1S/C23H39BrN.BrH/c1-6-7-13-23(3,4)21-12-11-20(22(24)17-21)16-19(2)18-25(5)14-9-8-10-15-25;/h11-12,17,19H,6-10,13-16,18H2,1-5H3;1H/q+1;/p-1. The molecule has 26 heavy (non-hydrogen) atoms. The van der Waals surface area contributed by atoms with Crippen LogP contribution in [0.4, 0.5) is 0 Å². The molecule has 0 spiro atoms. The zero-order chi connectivity index (χ0) is 18.5. The maximum Gasteiger partial charge on any atom is 0.0813 e. The van der Waals surface area contributed by atoms with Crippen molar-refractivity contribution in [2.75, 3.05) is 26.7 Å². The summed E-state index contributed by atoms with van der Waals surface area (Å²) in [5.74, 6) is 0.735. The van der Waals surface area contributed by atoms with Gasteiger partial charge in [-0.1, -0.05) is 68.6 Å². The summed E-state index contributed by atoms with van der Waals surface area (Å²) in [5.41, 5.74) is 3.22. The van der Waals surface area contributed by atoms with E-state index in [1.165, 1.54) is 84.7 Å². The smallest absolute Gasteiger partial charge is 0.0813 e. The first-order valence-electron chi connectivity index (χ1n) is 10.4. The van der Waals surface area contributed by atoms with Crippen LogP contribution >= 0.6 is 15.9 Å². The number of likely N-dealkylation sites (tertiary alicyclic amines) is 1. The van der Waals surface area contributed by atoms with Crippen molar-refractivity contribution in [3.63, 3.8) is 0 Å². The van der Waals surface area contributed by atoms with Gasteiger partial charge in [0.25, 0.3) is 0 Å². The fourth-order valence-corrected chi connectivity index (χ4v) is 5.09. The quantitative estimate of drug-likeness (QED) is 0.489. The third-order valence-corrected chi connectivity index (χ3v) is 6.94. The predicted molar refractivity (Wildman–Crippen MR) is 114 cm³/mol. The van der Waals surface area contributed by atoms with E-state index in [4.69, 9.17) is 0 Å². The second-order valence-electron chi connectivity index (χ2n) is 9.41. The first kappa shape index (κ1) is 24.2. The van der Waals surface area contributed by atoms with Gasteiger partial charge in [0.15, 0.2) is 0 Å². The number of rotatable bonds is 8. The molecular formula is C23H39Br2N. The Morgan fingerprint density at radius 2 is 1.81 bits per heavy atom. The second kappa shape index (κ2) is 10.6. The van der Waals surface area contributed by atoms with E-state index in [9.17, 15) is 0 Å². The number of nitrogens with zero attached hydrogens (tertiary/aromatic N) is 1. The molecule has 2 rings (SSSR count). The largest absolute Gasteiger partial charge is 1.00 e. The van der Waals surface area contributed by atoms with Gasteiger partial charge in [-0.15, -0.1) is 0 Å². The zero-order valence-electron chi connectivity index (χ0n) is 17.6. The molecule has 1 saturated heterocycles. The maximum absolute atomic E-state index is 3.87. The average molecular weight is 489 g/mol. The van der Waals surface area contributed by atoms with Gasteiger partial charge in [-0.2, -0.15) is 0 Å². The van der Waals surface area contributed by atoms with Crippen LogP contribution in [0.1, 0.15) is 77.3 Å². The number of piperidine rings is 1. The summed E-state index contributed by atoms with van der Waals surface area (Å²) in [5, 5.41) is 0. The predicted octanol–water partition coefficient (Wildman–Crippen LogP) is 3.73. The summed E-state index contributed by atoms with van der Waals surface area (Å²) in [6.07, 6.45) is 9.29. The van der Waals surface area contributed by atoms with E-state index in [1.807, 2.05) is 0 Å². The van der Waals surface area contributed by atoms with Crippen molar-refractivity contribution in [1.82, 2.24) is 0 Å². The highest BCUT2D eigenvalue weighted by molar-refractivity contribution is 9.10. The molecule has 1 atom stereocenters. The van der Waals surface area contributed by atoms with Crippen LogP contribution in [0.3, 0.4) is 0 Å². The minimum absolute atomic E-state index is 0. The summed E-state index contributed by atoms with van der Waals surface area (Å²) in [7, 11) is 2.46. The van der Waals surface area contributed by atoms with Crippen LogP contribution in [-0.4, -0.2) is 31.2 Å². The Labute approximate surface area is 181 Å². The van der Waals surface area contributed by atoms with Crippen molar-refractivity contribution in [2.45, 2.75) is 78.1 Å². The van der Waals surface area contributed by atoms with Crippen molar-refractivity contribution < 1.29 is 21.5 Å². The van der Waals surface area contributed by atoms with Crippen LogP contribution in [0.2, 0.25) is 0 Å². The highest BCUT2D eigenvalue weighted by Gasteiger charge is 2.27. The molecule has 0 aromatic heterocycles. The zero-order valence-corrected chi connectivity index (χ0v) is 20.8. The molecule has 1 heterocycles. The number of hydrogen-bond donors (Lipinski definition) is 0. The van der Waals surface area contributed by atoms with Gasteiger partial charge in [0.2, 0.25) is 0 Å². The SMILES string of the molecule is CCCCC(C)(C)c1ccc(CC(C)C[N+]2(C)CCCCC2)c(Br)c1.[Br-]. The van der Waals surface area contributed by atoms with Gasteiger partial charge in [-0.3, -0.25) is 0 Å². The molecule has 0 aliphatic carbocycles. The lowest BCUT2D eigenvalue weighted by molar-refractivity contribution is -0.917. The summed E-state index contributed by atoms with van der Waals surface area (Å²) in [6.45, 7) is 13.5. The lowest BCUT2D eigenvalue weighted by Crippen LogP contribution is -3.00. The van der Waals surface area contributed by atoms with Crippen LogP contribution in [-0.2, 0) is 11.8 Å². The Morgan fingerprint density at radius 1 is 1.15 bits per heavy atom. The van der Waals surface area contributed by atoms with Gasteiger partial charge >= 0.3 is 0 Å². The Kier molecular flexibility index (Phi) is 9.88. The molecule has 1 aromatic rings.